The summed E-state index contributed by atoms with van der Waals surface area (Å²) in [6, 6.07) is 0. The van der Waals surface area contributed by atoms with Crippen LogP contribution in [0.2, 0.25) is 0 Å². The fourth-order valence-corrected chi connectivity index (χ4v) is 2.95. The minimum absolute atomic E-state index is 0.459. The molecule has 78 valence electrons. The van der Waals surface area contributed by atoms with Crippen molar-refractivity contribution in [1.82, 2.24) is 4.98 Å². The van der Waals surface area contributed by atoms with Crippen LogP contribution in [0.4, 0.5) is 0 Å². The lowest BCUT2D eigenvalue weighted by Gasteiger charge is -2.00. The zero-order chi connectivity index (χ0) is 10.7. The average Bonchev–Trinajstić information content (AvgIpc) is 2.43. The molecule has 1 heterocycles. The summed E-state index contributed by atoms with van der Waals surface area (Å²) in [6.07, 6.45) is 0. The molecule has 0 spiro atoms. The number of thioether (sulfide) groups is 1. The van der Waals surface area contributed by atoms with Crippen LogP contribution in [-0.4, -0.2) is 15.2 Å². The van der Waals surface area contributed by atoms with Gasteiger partial charge in [0.25, 0.3) is 0 Å². The summed E-state index contributed by atoms with van der Waals surface area (Å²) in [5.74, 6) is 0.950. The predicted octanol–water partition coefficient (Wildman–Crippen LogP) is 2.73. The molecule has 0 bridgehead atoms. The Bertz CT molecular complexity index is 331. The van der Waals surface area contributed by atoms with E-state index in [-0.39, 0.29) is 0 Å². The van der Waals surface area contributed by atoms with E-state index < -0.39 is 0 Å². The highest BCUT2D eigenvalue weighted by molar-refractivity contribution is 7.99. The van der Waals surface area contributed by atoms with Crippen LogP contribution in [0.3, 0.4) is 0 Å². The van der Waals surface area contributed by atoms with Crippen LogP contribution in [-0.2, 0) is 5.75 Å². The summed E-state index contributed by atoms with van der Waals surface area (Å²) in [4.78, 5) is 5.85. The first-order valence-electron chi connectivity index (χ1n) is 4.38. The summed E-state index contributed by atoms with van der Waals surface area (Å²) >= 11 is 8.43. The molecule has 0 aromatic carbocycles. The van der Waals surface area contributed by atoms with Crippen LogP contribution in [0.15, 0.2) is 0 Å². The molecule has 0 saturated heterocycles. The molecule has 0 aliphatic carbocycles. The van der Waals surface area contributed by atoms with Crippen molar-refractivity contribution in [2.24, 2.45) is 5.73 Å². The highest BCUT2D eigenvalue weighted by Crippen LogP contribution is 2.23. The molecule has 2 N–H and O–H groups in total. The Hall–Kier alpha value is -0.130. The number of nitrogens with two attached hydrogens (primary N) is 1. The molecule has 14 heavy (non-hydrogen) atoms. The Kier molecular flexibility index (Phi) is 4.34. The maximum Gasteiger partial charge on any atom is 0.116 e. The van der Waals surface area contributed by atoms with Crippen molar-refractivity contribution in [2.45, 2.75) is 31.8 Å². The molecule has 5 heteroatoms. The fraction of sp³-hybridized carbons (Fsp3) is 0.556. The third kappa shape index (κ3) is 3.22. The second kappa shape index (κ2) is 5.09. The van der Waals surface area contributed by atoms with Crippen LogP contribution in [0, 0.1) is 6.92 Å². The number of nitrogens with zero attached hydrogens (tertiary/aromatic N) is 1. The van der Waals surface area contributed by atoms with Gasteiger partial charge in [-0.15, -0.1) is 11.3 Å². The van der Waals surface area contributed by atoms with E-state index in [4.69, 9.17) is 18.0 Å². The topological polar surface area (TPSA) is 38.9 Å². The van der Waals surface area contributed by atoms with E-state index in [0.717, 1.165) is 21.3 Å². The van der Waals surface area contributed by atoms with Crippen molar-refractivity contribution in [3.05, 3.63) is 15.6 Å². The van der Waals surface area contributed by atoms with Crippen LogP contribution < -0.4 is 5.73 Å². The van der Waals surface area contributed by atoms with Gasteiger partial charge in [0.05, 0.1) is 10.6 Å². The number of hydrogen-bond donors (Lipinski definition) is 1. The van der Waals surface area contributed by atoms with E-state index in [2.05, 4.69) is 18.8 Å². The molecular formula is C9H14N2S3. The van der Waals surface area contributed by atoms with Crippen LogP contribution in [0.5, 0.6) is 0 Å². The Balaban J connectivity index is 2.71. The summed E-state index contributed by atoms with van der Waals surface area (Å²) in [5.41, 5.74) is 6.54. The van der Waals surface area contributed by atoms with Crippen LogP contribution in [0.1, 0.15) is 29.4 Å². The number of aryl methyl sites for hydroxylation is 1. The lowest BCUT2D eigenvalue weighted by Crippen LogP contribution is -2.08. The SMILES string of the molecule is Cc1nc(CSC(C)C)sc1C(N)=S. The molecule has 0 amide bonds. The lowest BCUT2D eigenvalue weighted by atomic mass is 10.4. The molecule has 1 aromatic heterocycles. The maximum atomic E-state index is 5.58. The smallest absolute Gasteiger partial charge is 0.116 e. The first-order valence-corrected chi connectivity index (χ1v) is 6.65. The van der Waals surface area contributed by atoms with Gasteiger partial charge in [-0.3, -0.25) is 0 Å². The first-order chi connectivity index (χ1) is 6.50. The van der Waals surface area contributed by atoms with Crippen molar-refractivity contribution in [2.75, 3.05) is 0 Å². The Morgan fingerprint density at radius 1 is 1.64 bits per heavy atom. The summed E-state index contributed by atoms with van der Waals surface area (Å²) < 4.78 is 0. The monoisotopic (exact) mass is 246 g/mol. The van der Waals surface area contributed by atoms with E-state index in [9.17, 15) is 0 Å². The molecule has 0 fully saturated rings. The van der Waals surface area contributed by atoms with Crippen molar-refractivity contribution < 1.29 is 0 Å². The zero-order valence-electron chi connectivity index (χ0n) is 8.53. The normalized spacial score (nSPS) is 10.9. The molecule has 1 aromatic rings. The number of hydrogen-bond acceptors (Lipinski definition) is 4. The minimum Gasteiger partial charge on any atom is -0.389 e. The molecular weight excluding hydrogens is 232 g/mol. The van der Waals surface area contributed by atoms with Crippen molar-refractivity contribution in [3.8, 4) is 0 Å². The molecule has 0 unspecified atom stereocenters. The number of aromatic nitrogens is 1. The maximum absolute atomic E-state index is 5.58. The van der Waals surface area contributed by atoms with E-state index >= 15 is 0 Å². The van der Waals surface area contributed by atoms with E-state index in [1.54, 1.807) is 11.3 Å². The van der Waals surface area contributed by atoms with Gasteiger partial charge < -0.3 is 5.73 Å². The largest absolute Gasteiger partial charge is 0.389 e. The van der Waals surface area contributed by atoms with Gasteiger partial charge in [0.15, 0.2) is 0 Å². The van der Waals surface area contributed by atoms with Gasteiger partial charge in [-0.2, -0.15) is 11.8 Å². The zero-order valence-corrected chi connectivity index (χ0v) is 11.0. The van der Waals surface area contributed by atoms with Crippen LogP contribution in [0.25, 0.3) is 0 Å². The van der Waals surface area contributed by atoms with E-state index in [1.165, 1.54) is 0 Å². The minimum atomic E-state index is 0.459. The highest BCUT2D eigenvalue weighted by atomic mass is 32.2. The molecule has 0 aliphatic rings. The van der Waals surface area contributed by atoms with Gasteiger partial charge in [0.1, 0.15) is 10.00 Å². The molecule has 1 rings (SSSR count). The third-order valence-electron chi connectivity index (χ3n) is 1.60. The van der Waals surface area contributed by atoms with Crippen molar-refractivity contribution in [1.29, 1.82) is 0 Å². The highest BCUT2D eigenvalue weighted by Gasteiger charge is 2.09. The standard InChI is InChI=1S/C9H14N2S3/c1-5(2)13-4-7-11-6(3)8(14-7)9(10)12/h5H,4H2,1-3H3,(H2,10,12). The number of thiazole rings is 1. The lowest BCUT2D eigenvalue weighted by molar-refractivity contribution is 1.10. The quantitative estimate of drug-likeness (QED) is 0.829. The fourth-order valence-electron chi connectivity index (χ4n) is 0.981. The molecule has 0 atom stereocenters. The van der Waals surface area contributed by atoms with Gasteiger partial charge in [-0.05, 0) is 12.2 Å². The van der Waals surface area contributed by atoms with Gasteiger partial charge >= 0.3 is 0 Å². The molecule has 0 radical (unpaired) electrons. The van der Waals surface area contributed by atoms with E-state index in [0.29, 0.717) is 10.2 Å². The van der Waals surface area contributed by atoms with Gasteiger partial charge in [-0.25, -0.2) is 4.98 Å². The first kappa shape index (κ1) is 11.9. The number of rotatable bonds is 4. The Labute approximate surface area is 98.3 Å². The van der Waals surface area contributed by atoms with E-state index in [1.807, 2.05) is 18.7 Å². The predicted molar refractivity (Wildman–Crippen MR) is 69.2 cm³/mol. The second-order valence-corrected chi connectivity index (χ2v) is 6.33. The second-order valence-electron chi connectivity index (χ2n) is 3.25. The summed E-state index contributed by atoms with van der Waals surface area (Å²) in [5, 5.41) is 1.75. The molecule has 2 nitrogen and oxygen atoms in total. The van der Waals surface area contributed by atoms with Gasteiger partial charge in [-0.1, -0.05) is 26.1 Å². The Morgan fingerprint density at radius 3 is 2.71 bits per heavy atom. The van der Waals surface area contributed by atoms with Crippen molar-refractivity contribution in [3.63, 3.8) is 0 Å². The molecule has 0 saturated carbocycles. The van der Waals surface area contributed by atoms with Gasteiger partial charge in [0.2, 0.25) is 0 Å². The Morgan fingerprint density at radius 2 is 2.29 bits per heavy atom. The summed E-state index contributed by atoms with van der Waals surface area (Å²) in [7, 11) is 0. The van der Waals surface area contributed by atoms with Crippen LogP contribution >= 0.6 is 35.3 Å². The summed E-state index contributed by atoms with van der Waals surface area (Å²) in [6.45, 7) is 6.31. The number of thiocarbonyl (C=S) groups is 1. The average molecular weight is 246 g/mol. The molecule has 0 aliphatic heterocycles. The van der Waals surface area contributed by atoms with Gasteiger partial charge in [0, 0.05) is 5.75 Å². The third-order valence-corrected chi connectivity index (χ3v) is 4.42. The van der Waals surface area contributed by atoms with Crippen molar-refractivity contribution >= 4 is 40.3 Å².